The molecule has 0 amide bonds. The molecule has 3 rings (SSSR count). The molecule has 126 valence electrons. The van der Waals surface area contributed by atoms with Gasteiger partial charge in [0.05, 0.1) is 23.2 Å². The first kappa shape index (κ1) is 16.8. The van der Waals surface area contributed by atoms with Crippen molar-refractivity contribution in [2.45, 2.75) is 0 Å². The van der Waals surface area contributed by atoms with Crippen molar-refractivity contribution in [2.75, 3.05) is 7.11 Å². The maximum Gasteiger partial charge on any atom is 0.363 e. The number of hydrogen-bond acceptors (Lipinski definition) is 6. The average Bonchev–Trinajstić information content (AvgIpc) is 2.96. The molecule has 0 fully saturated rings. The van der Waals surface area contributed by atoms with E-state index in [4.69, 9.17) is 9.47 Å². The molecule has 0 radical (unpaired) electrons. The van der Waals surface area contributed by atoms with E-state index in [1.165, 1.54) is 25.3 Å². The molecule has 0 N–H and O–H groups in total. The van der Waals surface area contributed by atoms with E-state index in [0.29, 0.717) is 11.3 Å². The van der Waals surface area contributed by atoms with Crippen LogP contribution < -0.4 is 4.74 Å². The first-order valence-electron chi connectivity index (χ1n) is 7.09. The van der Waals surface area contributed by atoms with Gasteiger partial charge in [-0.1, -0.05) is 28.1 Å². The number of rotatable bonds is 4. The van der Waals surface area contributed by atoms with Gasteiger partial charge in [0, 0.05) is 10.5 Å². The van der Waals surface area contributed by atoms with Gasteiger partial charge in [-0.05, 0) is 30.3 Å². The zero-order valence-corrected chi connectivity index (χ0v) is 14.5. The minimum Gasteiger partial charge on any atom is -0.496 e. The largest absolute Gasteiger partial charge is 0.496 e. The van der Waals surface area contributed by atoms with Crippen molar-refractivity contribution in [3.05, 3.63) is 73.9 Å². The van der Waals surface area contributed by atoms with E-state index < -0.39 is 10.9 Å². The van der Waals surface area contributed by atoms with Gasteiger partial charge in [0.2, 0.25) is 5.90 Å². The first-order valence-corrected chi connectivity index (χ1v) is 7.89. The maximum atomic E-state index is 12.1. The zero-order valence-electron chi connectivity index (χ0n) is 12.9. The molecule has 0 aliphatic carbocycles. The third-order valence-electron chi connectivity index (χ3n) is 3.44. The standard InChI is InChI=1S/C17H11BrN2O5/c1-24-15-7-6-11(18)9-12(15)16-19-13(17(21)25-16)8-10-4-2-3-5-14(10)20(22)23/h2-9H,1H3. The smallest absolute Gasteiger partial charge is 0.363 e. The highest BCUT2D eigenvalue weighted by molar-refractivity contribution is 9.10. The number of carbonyl (C=O) groups excluding carboxylic acids is 1. The maximum absolute atomic E-state index is 12.1. The van der Waals surface area contributed by atoms with E-state index >= 15 is 0 Å². The number of halogens is 1. The fourth-order valence-corrected chi connectivity index (χ4v) is 2.66. The normalized spacial score (nSPS) is 15.0. The van der Waals surface area contributed by atoms with E-state index in [2.05, 4.69) is 20.9 Å². The summed E-state index contributed by atoms with van der Waals surface area (Å²) in [5, 5.41) is 11.1. The third-order valence-corrected chi connectivity index (χ3v) is 3.93. The number of nitro benzene ring substituents is 1. The Bertz CT molecular complexity index is 936. The van der Waals surface area contributed by atoms with Crippen LogP contribution in [-0.4, -0.2) is 23.9 Å². The summed E-state index contributed by atoms with van der Waals surface area (Å²) < 4.78 is 11.2. The summed E-state index contributed by atoms with van der Waals surface area (Å²) in [4.78, 5) is 26.8. The van der Waals surface area contributed by atoms with Crippen LogP contribution in [0.5, 0.6) is 5.75 Å². The minimum atomic E-state index is -0.685. The molecule has 0 aromatic heterocycles. The molecule has 0 unspecified atom stereocenters. The predicted octanol–water partition coefficient (Wildman–Crippen LogP) is 3.71. The van der Waals surface area contributed by atoms with Crippen LogP contribution in [0.1, 0.15) is 11.1 Å². The summed E-state index contributed by atoms with van der Waals surface area (Å²) in [7, 11) is 1.49. The third kappa shape index (κ3) is 3.43. The molecule has 7 nitrogen and oxygen atoms in total. The van der Waals surface area contributed by atoms with Gasteiger partial charge in [-0.3, -0.25) is 10.1 Å². The number of cyclic esters (lactones) is 1. The SMILES string of the molecule is COc1ccc(Br)cc1C1=NC(=Cc2ccccc2[N+](=O)[O-])C(=O)O1. The topological polar surface area (TPSA) is 91.0 Å². The minimum absolute atomic E-state index is 0.0219. The summed E-state index contributed by atoms with van der Waals surface area (Å²) in [5.74, 6) is -0.121. The monoisotopic (exact) mass is 402 g/mol. The van der Waals surface area contributed by atoms with Gasteiger partial charge in [-0.25, -0.2) is 9.79 Å². The highest BCUT2D eigenvalue weighted by atomic mass is 79.9. The Morgan fingerprint density at radius 1 is 1.28 bits per heavy atom. The molecular weight excluding hydrogens is 392 g/mol. The average molecular weight is 403 g/mol. The van der Waals surface area contributed by atoms with Gasteiger partial charge in [0.1, 0.15) is 5.75 Å². The second kappa shape index (κ2) is 6.86. The van der Waals surface area contributed by atoms with Crippen molar-refractivity contribution in [3.8, 4) is 5.75 Å². The molecule has 1 heterocycles. The molecule has 0 bridgehead atoms. The van der Waals surface area contributed by atoms with Gasteiger partial charge in [-0.15, -0.1) is 0 Å². The number of esters is 1. The number of carbonyl (C=O) groups is 1. The number of benzene rings is 2. The van der Waals surface area contributed by atoms with Crippen molar-refractivity contribution < 1.29 is 19.2 Å². The van der Waals surface area contributed by atoms with E-state index in [0.717, 1.165) is 4.47 Å². The van der Waals surface area contributed by atoms with Crippen LogP contribution in [0.2, 0.25) is 0 Å². The number of hydrogen-bond donors (Lipinski definition) is 0. The molecule has 0 spiro atoms. The fraction of sp³-hybridized carbons (Fsp3) is 0.0588. The molecular formula is C17H11BrN2O5. The van der Waals surface area contributed by atoms with E-state index in [9.17, 15) is 14.9 Å². The van der Waals surface area contributed by atoms with Crippen LogP contribution in [0.4, 0.5) is 5.69 Å². The number of ether oxygens (including phenoxy) is 2. The lowest BCUT2D eigenvalue weighted by atomic mass is 10.1. The number of aliphatic imine (C=N–C) groups is 1. The fourth-order valence-electron chi connectivity index (χ4n) is 2.29. The summed E-state index contributed by atoms with van der Waals surface area (Å²) in [6, 6.07) is 11.3. The Labute approximate surface area is 150 Å². The Kier molecular flexibility index (Phi) is 4.62. The Hall–Kier alpha value is -3.00. The Morgan fingerprint density at radius 3 is 2.76 bits per heavy atom. The van der Waals surface area contributed by atoms with Gasteiger partial charge in [0.15, 0.2) is 5.70 Å². The highest BCUT2D eigenvalue weighted by Crippen LogP contribution is 2.29. The van der Waals surface area contributed by atoms with Crippen molar-refractivity contribution in [3.63, 3.8) is 0 Å². The molecule has 1 aliphatic heterocycles. The second-order valence-electron chi connectivity index (χ2n) is 5.00. The van der Waals surface area contributed by atoms with Crippen molar-refractivity contribution >= 4 is 39.6 Å². The van der Waals surface area contributed by atoms with Gasteiger partial charge < -0.3 is 9.47 Å². The second-order valence-corrected chi connectivity index (χ2v) is 5.91. The van der Waals surface area contributed by atoms with Gasteiger partial charge in [-0.2, -0.15) is 0 Å². The van der Waals surface area contributed by atoms with Crippen LogP contribution in [0, 0.1) is 10.1 Å². The van der Waals surface area contributed by atoms with E-state index in [-0.39, 0.29) is 22.8 Å². The lowest BCUT2D eigenvalue weighted by molar-refractivity contribution is -0.385. The summed E-state index contributed by atoms with van der Waals surface area (Å²) in [6.45, 7) is 0. The van der Waals surface area contributed by atoms with Gasteiger partial charge >= 0.3 is 5.97 Å². The molecule has 0 saturated carbocycles. The van der Waals surface area contributed by atoms with Crippen LogP contribution in [0.15, 0.2) is 57.6 Å². The number of nitro groups is 1. The zero-order chi connectivity index (χ0) is 18.0. The van der Waals surface area contributed by atoms with Crippen LogP contribution in [0.25, 0.3) is 6.08 Å². The molecule has 0 atom stereocenters. The summed E-state index contributed by atoms with van der Waals surface area (Å²) >= 11 is 3.34. The van der Waals surface area contributed by atoms with Crippen LogP contribution in [-0.2, 0) is 9.53 Å². The van der Waals surface area contributed by atoms with Crippen molar-refractivity contribution in [2.24, 2.45) is 4.99 Å². The number of para-hydroxylation sites is 1. The lowest BCUT2D eigenvalue weighted by Crippen LogP contribution is -2.07. The first-order chi connectivity index (χ1) is 12.0. The molecule has 0 saturated heterocycles. The molecule has 2 aromatic carbocycles. The molecule has 1 aliphatic rings. The number of methoxy groups -OCH3 is 1. The summed E-state index contributed by atoms with van der Waals surface area (Å²) in [5.41, 5.74) is 0.625. The molecule has 8 heteroatoms. The van der Waals surface area contributed by atoms with Crippen LogP contribution >= 0.6 is 15.9 Å². The lowest BCUT2D eigenvalue weighted by Gasteiger charge is -2.07. The number of nitrogens with zero attached hydrogens (tertiary/aromatic N) is 2. The van der Waals surface area contributed by atoms with Crippen molar-refractivity contribution in [1.29, 1.82) is 0 Å². The van der Waals surface area contributed by atoms with E-state index in [1.807, 2.05) is 0 Å². The predicted molar refractivity (Wildman–Crippen MR) is 94.4 cm³/mol. The summed E-state index contributed by atoms with van der Waals surface area (Å²) in [6.07, 6.45) is 1.33. The Morgan fingerprint density at radius 2 is 2.04 bits per heavy atom. The quantitative estimate of drug-likeness (QED) is 0.336. The Balaban J connectivity index is 2.05. The van der Waals surface area contributed by atoms with Crippen molar-refractivity contribution in [1.82, 2.24) is 0 Å². The van der Waals surface area contributed by atoms with Crippen LogP contribution in [0.3, 0.4) is 0 Å². The van der Waals surface area contributed by atoms with E-state index in [1.54, 1.807) is 30.3 Å². The highest BCUT2D eigenvalue weighted by Gasteiger charge is 2.27. The van der Waals surface area contributed by atoms with Gasteiger partial charge in [0.25, 0.3) is 5.69 Å². The molecule has 25 heavy (non-hydrogen) atoms. The molecule has 2 aromatic rings.